The molecule has 1 aromatic heterocycles. The molecule has 5 nitrogen and oxygen atoms in total. The molecule has 102 valence electrons. The Hall–Kier alpha value is -0.940. The number of nitriles is 1. The summed E-state index contributed by atoms with van der Waals surface area (Å²) in [5.41, 5.74) is 0. The lowest BCUT2D eigenvalue weighted by molar-refractivity contribution is 0.339. The molecule has 0 spiro atoms. The average molecular weight is 297 g/mol. The first-order chi connectivity index (χ1) is 9.11. The third-order valence-corrected chi connectivity index (χ3v) is 7.14. The van der Waals surface area contributed by atoms with Crippen molar-refractivity contribution in [2.45, 2.75) is 23.1 Å². The van der Waals surface area contributed by atoms with Crippen molar-refractivity contribution in [3.05, 3.63) is 17.0 Å². The van der Waals surface area contributed by atoms with Gasteiger partial charge in [-0.05, 0) is 37.4 Å². The highest BCUT2D eigenvalue weighted by Crippen LogP contribution is 2.31. The molecule has 0 bridgehead atoms. The van der Waals surface area contributed by atoms with E-state index in [4.69, 9.17) is 5.26 Å². The molecule has 0 aromatic carbocycles. The van der Waals surface area contributed by atoms with Crippen molar-refractivity contribution >= 4 is 21.4 Å². The molecule has 2 aliphatic heterocycles. The number of hydrogen-bond acceptors (Lipinski definition) is 5. The molecule has 0 amide bonds. The van der Waals surface area contributed by atoms with E-state index in [0.29, 0.717) is 29.9 Å². The van der Waals surface area contributed by atoms with E-state index in [-0.39, 0.29) is 4.21 Å². The first-order valence-electron chi connectivity index (χ1n) is 6.35. The van der Waals surface area contributed by atoms with Gasteiger partial charge < -0.3 is 5.32 Å². The average Bonchev–Trinajstić information content (AvgIpc) is 3.05. The van der Waals surface area contributed by atoms with E-state index in [1.54, 1.807) is 10.4 Å². The van der Waals surface area contributed by atoms with Crippen LogP contribution in [0.5, 0.6) is 0 Å². The van der Waals surface area contributed by atoms with E-state index in [0.717, 1.165) is 30.7 Å². The molecule has 1 N–H and O–H groups in total. The lowest BCUT2D eigenvalue weighted by atomic mass is 9.94. The quantitative estimate of drug-likeness (QED) is 0.883. The van der Waals surface area contributed by atoms with Crippen molar-refractivity contribution in [1.29, 1.82) is 5.26 Å². The Bertz CT molecular complexity index is 603. The number of rotatable bonds is 2. The van der Waals surface area contributed by atoms with Gasteiger partial charge in [-0.3, -0.25) is 0 Å². The van der Waals surface area contributed by atoms with Gasteiger partial charge in [0.25, 0.3) is 10.0 Å². The third kappa shape index (κ3) is 2.30. The van der Waals surface area contributed by atoms with Gasteiger partial charge >= 0.3 is 0 Å². The molecule has 3 heterocycles. The highest BCUT2D eigenvalue weighted by atomic mass is 32.2. The van der Waals surface area contributed by atoms with Gasteiger partial charge in [-0.15, -0.1) is 11.3 Å². The highest BCUT2D eigenvalue weighted by Gasteiger charge is 2.40. The Balaban J connectivity index is 1.83. The van der Waals surface area contributed by atoms with E-state index < -0.39 is 10.0 Å². The molecule has 2 atom stereocenters. The Morgan fingerprint density at radius 2 is 2.26 bits per heavy atom. The number of thiophene rings is 1. The van der Waals surface area contributed by atoms with Gasteiger partial charge in [0.2, 0.25) is 0 Å². The second-order valence-corrected chi connectivity index (χ2v) is 8.26. The van der Waals surface area contributed by atoms with Gasteiger partial charge in [0.15, 0.2) is 0 Å². The maximum atomic E-state index is 12.5. The third-order valence-electron chi connectivity index (χ3n) is 3.85. The predicted molar refractivity (Wildman–Crippen MR) is 72.3 cm³/mol. The van der Waals surface area contributed by atoms with Gasteiger partial charge in [0.05, 0.1) is 0 Å². The molecule has 0 saturated carbocycles. The Kier molecular flexibility index (Phi) is 3.35. The first-order valence-corrected chi connectivity index (χ1v) is 8.60. The summed E-state index contributed by atoms with van der Waals surface area (Å²) in [6.45, 7) is 2.12. The van der Waals surface area contributed by atoms with E-state index in [1.807, 2.05) is 6.07 Å². The number of sulfonamides is 1. The molecular weight excluding hydrogens is 282 g/mol. The molecule has 0 aliphatic carbocycles. The van der Waals surface area contributed by atoms with Crippen molar-refractivity contribution in [3.63, 3.8) is 0 Å². The fourth-order valence-electron chi connectivity index (χ4n) is 2.85. The number of nitrogens with zero attached hydrogens (tertiary/aromatic N) is 2. The molecule has 3 rings (SSSR count). The molecule has 7 heteroatoms. The Morgan fingerprint density at radius 3 is 2.95 bits per heavy atom. The van der Waals surface area contributed by atoms with Crippen LogP contribution in [-0.4, -0.2) is 38.4 Å². The van der Waals surface area contributed by atoms with Crippen molar-refractivity contribution in [2.24, 2.45) is 5.92 Å². The van der Waals surface area contributed by atoms with Crippen LogP contribution in [0.2, 0.25) is 0 Å². The van der Waals surface area contributed by atoms with Crippen LogP contribution in [0.15, 0.2) is 16.3 Å². The zero-order valence-corrected chi connectivity index (χ0v) is 12.0. The minimum Gasteiger partial charge on any atom is -0.312 e. The molecule has 2 fully saturated rings. The van der Waals surface area contributed by atoms with Crippen LogP contribution in [0.4, 0.5) is 0 Å². The lowest BCUT2D eigenvalue weighted by Crippen LogP contribution is -2.41. The summed E-state index contributed by atoms with van der Waals surface area (Å²) >= 11 is 1.05. The molecule has 19 heavy (non-hydrogen) atoms. The van der Waals surface area contributed by atoms with E-state index in [2.05, 4.69) is 5.32 Å². The summed E-state index contributed by atoms with van der Waals surface area (Å²) in [6.07, 6.45) is 2.21. The van der Waals surface area contributed by atoms with Crippen LogP contribution in [0.3, 0.4) is 0 Å². The van der Waals surface area contributed by atoms with Gasteiger partial charge in [-0.1, -0.05) is 0 Å². The fraction of sp³-hybridized carbons (Fsp3) is 0.583. The molecule has 0 radical (unpaired) electrons. The second-order valence-electron chi connectivity index (χ2n) is 5.02. The smallest absolute Gasteiger partial charge is 0.252 e. The van der Waals surface area contributed by atoms with Gasteiger partial charge in [0.1, 0.15) is 15.2 Å². The fourth-order valence-corrected chi connectivity index (χ4v) is 5.63. The van der Waals surface area contributed by atoms with Gasteiger partial charge in [-0.2, -0.15) is 9.57 Å². The van der Waals surface area contributed by atoms with Crippen molar-refractivity contribution < 1.29 is 8.42 Å². The normalized spacial score (nSPS) is 27.9. The summed E-state index contributed by atoms with van der Waals surface area (Å²) in [5.74, 6) is 0.430. The zero-order valence-electron chi connectivity index (χ0n) is 10.4. The van der Waals surface area contributed by atoms with Crippen LogP contribution in [0, 0.1) is 17.2 Å². The maximum Gasteiger partial charge on any atom is 0.252 e. The molecule has 2 unspecified atom stereocenters. The second kappa shape index (κ2) is 4.87. The summed E-state index contributed by atoms with van der Waals surface area (Å²) in [5, 5.41) is 12.2. The van der Waals surface area contributed by atoms with Crippen LogP contribution in [0.25, 0.3) is 0 Å². The topological polar surface area (TPSA) is 73.2 Å². The number of nitrogens with one attached hydrogen (secondary N) is 1. The number of fused-ring (bicyclic) bond motifs is 1. The Labute approximate surface area is 116 Å². The van der Waals surface area contributed by atoms with E-state index in [1.165, 1.54) is 6.07 Å². The molecular formula is C12H15N3O2S2. The molecule has 2 saturated heterocycles. The van der Waals surface area contributed by atoms with Gasteiger partial charge in [0, 0.05) is 19.1 Å². The summed E-state index contributed by atoms with van der Waals surface area (Å²) in [6, 6.07) is 5.38. The minimum atomic E-state index is -3.43. The van der Waals surface area contributed by atoms with Crippen LogP contribution in [0.1, 0.15) is 17.7 Å². The van der Waals surface area contributed by atoms with Crippen LogP contribution < -0.4 is 5.32 Å². The first kappa shape index (κ1) is 13.1. The van der Waals surface area contributed by atoms with E-state index >= 15 is 0 Å². The SMILES string of the molecule is N#Cc1ccc(S(=O)(=O)N2CC3CCCNC3C2)s1. The largest absolute Gasteiger partial charge is 0.312 e. The monoisotopic (exact) mass is 297 g/mol. The highest BCUT2D eigenvalue weighted by molar-refractivity contribution is 7.91. The van der Waals surface area contributed by atoms with Crippen molar-refractivity contribution in [1.82, 2.24) is 9.62 Å². The summed E-state index contributed by atoms with van der Waals surface area (Å²) in [4.78, 5) is 0.438. The Morgan fingerprint density at radius 1 is 1.42 bits per heavy atom. The molecule has 1 aromatic rings. The predicted octanol–water partition coefficient (Wildman–Crippen LogP) is 0.992. The zero-order chi connectivity index (χ0) is 13.5. The summed E-state index contributed by atoms with van der Waals surface area (Å²) < 4.78 is 26.9. The molecule has 2 aliphatic rings. The lowest BCUT2D eigenvalue weighted by Gasteiger charge is -2.24. The van der Waals surface area contributed by atoms with Crippen molar-refractivity contribution in [2.75, 3.05) is 19.6 Å². The maximum absolute atomic E-state index is 12.5. The van der Waals surface area contributed by atoms with Crippen LogP contribution >= 0.6 is 11.3 Å². The van der Waals surface area contributed by atoms with Crippen LogP contribution in [-0.2, 0) is 10.0 Å². The number of hydrogen-bond donors (Lipinski definition) is 1. The standard InChI is InChI=1S/C12H15N3O2S2/c13-6-10-3-4-12(18-10)19(16,17)15-7-9-2-1-5-14-11(9)8-15/h3-4,9,11,14H,1-2,5,7-8H2. The van der Waals surface area contributed by atoms with Crippen molar-refractivity contribution in [3.8, 4) is 6.07 Å². The minimum absolute atomic E-state index is 0.280. The van der Waals surface area contributed by atoms with Gasteiger partial charge in [-0.25, -0.2) is 8.42 Å². The summed E-state index contributed by atoms with van der Waals surface area (Å²) in [7, 11) is -3.43. The number of piperidine rings is 1. The van der Waals surface area contributed by atoms with E-state index in [9.17, 15) is 8.42 Å².